The van der Waals surface area contributed by atoms with Gasteiger partial charge in [0.2, 0.25) is 0 Å². The van der Waals surface area contributed by atoms with Gasteiger partial charge in [0, 0.05) is 5.41 Å². The zero-order valence-electron chi connectivity index (χ0n) is 39.3. The van der Waals surface area contributed by atoms with Crippen LogP contribution in [0.15, 0.2) is 11.6 Å². The summed E-state index contributed by atoms with van der Waals surface area (Å²) in [5.41, 5.74) is -1.08. The van der Waals surface area contributed by atoms with Crippen molar-refractivity contribution in [2.75, 3.05) is 19.8 Å². The molecule has 3 saturated heterocycles. The molecule has 18 nitrogen and oxygen atoms in total. The summed E-state index contributed by atoms with van der Waals surface area (Å²) in [7, 11) is 0. The lowest BCUT2D eigenvalue weighted by Crippen LogP contribution is -2.63. The monoisotopic (exact) mass is 933 g/mol. The van der Waals surface area contributed by atoms with Crippen molar-refractivity contribution < 1.29 is 89.7 Å². The number of ether oxygens (including phenoxy) is 6. The van der Waals surface area contributed by atoms with Crippen LogP contribution in [0.2, 0.25) is 0 Å². The maximum absolute atomic E-state index is 11.4. The molecule has 0 aromatic carbocycles. The van der Waals surface area contributed by atoms with Crippen molar-refractivity contribution in [3.05, 3.63) is 11.6 Å². The van der Waals surface area contributed by atoms with Gasteiger partial charge in [-0.1, -0.05) is 53.2 Å². The Labute approximate surface area is 382 Å². The fourth-order valence-electron chi connectivity index (χ4n) is 13.8. The first kappa shape index (κ1) is 51.9. The van der Waals surface area contributed by atoms with Crippen LogP contribution in [0.5, 0.6) is 0 Å². The molecule has 24 unspecified atom stereocenters. The highest BCUT2D eigenvalue weighted by atomic mass is 16.7. The highest BCUT2D eigenvalue weighted by Gasteiger charge is 2.68. The lowest BCUT2D eigenvalue weighted by molar-refractivity contribution is -0.355. The zero-order chi connectivity index (χ0) is 47.9. The molecule has 0 radical (unpaired) electrons. The van der Waals surface area contributed by atoms with Gasteiger partial charge in [0.25, 0.3) is 0 Å². The molecule has 18 heteroatoms. The van der Waals surface area contributed by atoms with Crippen molar-refractivity contribution >= 4 is 0 Å². The highest BCUT2D eigenvalue weighted by molar-refractivity contribution is 5.30. The molecule has 65 heavy (non-hydrogen) atoms. The van der Waals surface area contributed by atoms with E-state index < -0.39 is 129 Å². The first-order valence-electron chi connectivity index (χ1n) is 23.9. The summed E-state index contributed by atoms with van der Waals surface area (Å²) in [6, 6.07) is 0. The van der Waals surface area contributed by atoms with Crippen LogP contribution in [0, 0.1) is 45.3 Å². The molecule has 3 heterocycles. The molecule has 7 aliphatic rings. The Morgan fingerprint density at radius 2 is 1.38 bits per heavy atom. The lowest BCUT2D eigenvalue weighted by atomic mass is 9.39. The number of aliphatic hydroxyl groups excluding tert-OH is 11. The van der Waals surface area contributed by atoms with Crippen LogP contribution in [-0.4, -0.2) is 191 Å². The summed E-state index contributed by atoms with van der Waals surface area (Å²) in [4.78, 5) is 0. The van der Waals surface area contributed by atoms with Crippen molar-refractivity contribution in [2.24, 2.45) is 45.3 Å². The third-order valence-electron chi connectivity index (χ3n) is 18.3. The van der Waals surface area contributed by atoms with Gasteiger partial charge >= 0.3 is 0 Å². The van der Waals surface area contributed by atoms with E-state index in [2.05, 4.69) is 40.7 Å². The van der Waals surface area contributed by atoms with E-state index in [1.54, 1.807) is 0 Å². The first-order valence-corrected chi connectivity index (χ1v) is 23.9. The van der Waals surface area contributed by atoms with E-state index in [1.165, 1.54) is 19.4 Å². The molecule has 0 bridgehead atoms. The van der Waals surface area contributed by atoms with Crippen LogP contribution in [0.25, 0.3) is 0 Å². The summed E-state index contributed by atoms with van der Waals surface area (Å²) in [6.45, 7) is 15.1. The molecule has 12 N–H and O–H groups in total. The van der Waals surface area contributed by atoms with E-state index in [9.17, 15) is 61.3 Å². The van der Waals surface area contributed by atoms with Crippen LogP contribution >= 0.6 is 0 Å². The van der Waals surface area contributed by atoms with Gasteiger partial charge in [-0.2, -0.15) is 0 Å². The first-order chi connectivity index (χ1) is 30.2. The molecule has 0 amide bonds. The maximum atomic E-state index is 11.4. The van der Waals surface area contributed by atoms with E-state index >= 15 is 0 Å². The van der Waals surface area contributed by atoms with Crippen molar-refractivity contribution in [1.82, 2.24) is 0 Å². The Kier molecular flexibility index (Phi) is 15.1. The second-order valence-corrected chi connectivity index (χ2v) is 22.6. The summed E-state index contributed by atoms with van der Waals surface area (Å²) in [5, 5.41) is 129. The molecule has 0 aromatic rings. The van der Waals surface area contributed by atoms with Gasteiger partial charge in [0.15, 0.2) is 18.9 Å². The van der Waals surface area contributed by atoms with Gasteiger partial charge in [0.05, 0.1) is 43.7 Å². The van der Waals surface area contributed by atoms with Gasteiger partial charge in [-0.25, -0.2) is 0 Å². The van der Waals surface area contributed by atoms with Gasteiger partial charge in [-0.15, -0.1) is 0 Å². The Morgan fingerprint density at radius 3 is 2.05 bits per heavy atom. The summed E-state index contributed by atoms with van der Waals surface area (Å²) >= 11 is 0. The normalized spacial score (nSPS) is 49.7. The van der Waals surface area contributed by atoms with Crippen LogP contribution in [0.4, 0.5) is 0 Å². The minimum atomic E-state index is -1.75. The summed E-state index contributed by atoms with van der Waals surface area (Å²) in [6.07, 6.45) is -15.3. The molecule has 0 spiro atoms. The van der Waals surface area contributed by atoms with E-state index in [0.29, 0.717) is 12.3 Å². The number of fused-ring (bicyclic) bond motifs is 5. The molecule has 0 aromatic heterocycles. The second kappa shape index (κ2) is 19.0. The number of rotatable bonds is 13. The molecule has 6 fully saturated rings. The third-order valence-corrected chi connectivity index (χ3v) is 18.3. The standard InChI is InChI=1S/C47H80O18/c1-21(30(50)35(55)39(58)44(4,5)59)22-13-15-47(8)28-11-9-23-24(45(28,6)16-17-46(22,47)7)10-12-29(43(23,2)3)64-42-36(56)33(53)32(52)27(63-42)20-61-41-37(57)34(54)38(26(19-48)62-41)65-40-31(51)25(49)14-18-60-40/h9,21-22,24-42,48-59H,10-20H2,1-8H3. The summed E-state index contributed by atoms with van der Waals surface area (Å²) < 4.78 is 35.3. The second-order valence-electron chi connectivity index (χ2n) is 22.6. The smallest absolute Gasteiger partial charge is 0.187 e. The third kappa shape index (κ3) is 8.94. The van der Waals surface area contributed by atoms with Crippen LogP contribution in [0.3, 0.4) is 0 Å². The molecule has 7 rings (SSSR count). The largest absolute Gasteiger partial charge is 0.394 e. The zero-order valence-corrected chi connectivity index (χ0v) is 39.3. The molecule has 4 aliphatic carbocycles. The quantitative estimate of drug-likeness (QED) is 0.105. The average Bonchev–Trinajstić information content (AvgIpc) is 3.53. The minimum absolute atomic E-state index is 0.0502. The van der Waals surface area contributed by atoms with Crippen molar-refractivity contribution in [3.63, 3.8) is 0 Å². The number of hydrogen-bond acceptors (Lipinski definition) is 18. The Hall–Kier alpha value is -0.980. The number of hydrogen-bond donors (Lipinski definition) is 12. The molecule has 3 saturated carbocycles. The summed E-state index contributed by atoms with van der Waals surface area (Å²) in [5.74, 6) is 0.358. The lowest BCUT2D eigenvalue weighted by Gasteiger charge is -2.66. The van der Waals surface area contributed by atoms with E-state index in [0.717, 1.165) is 38.5 Å². The number of allylic oxidation sites excluding steroid dienone is 1. The predicted molar refractivity (Wildman–Crippen MR) is 229 cm³/mol. The fourth-order valence-corrected chi connectivity index (χ4v) is 13.8. The topological polar surface area (TPSA) is 298 Å². The van der Waals surface area contributed by atoms with E-state index in [1.807, 2.05) is 6.92 Å². The molecular formula is C47H80O18. The Balaban J connectivity index is 1.00. The highest BCUT2D eigenvalue weighted by Crippen LogP contribution is 2.75. The average molecular weight is 933 g/mol. The molecule has 3 aliphatic heterocycles. The van der Waals surface area contributed by atoms with Crippen LogP contribution < -0.4 is 0 Å². The van der Waals surface area contributed by atoms with E-state index in [-0.39, 0.29) is 47.0 Å². The Bertz CT molecular complexity index is 1660. The van der Waals surface area contributed by atoms with Crippen molar-refractivity contribution in [1.29, 1.82) is 0 Å². The number of aliphatic hydroxyl groups is 12. The van der Waals surface area contributed by atoms with Crippen LogP contribution in [-0.2, 0) is 28.4 Å². The van der Waals surface area contributed by atoms with E-state index in [4.69, 9.17) is 28.4 Å². The predicted octanol–water partition coefficient (Wildman–Crippen LogP) is -0.417. The molecular weight excluding hydrogens is 852 g/mol. The SMILES string of the molecule is CC(C(O)C(O)C(O)C(C)(C)O)C1CCC2(C)C3CC=C4C(CCC(OC5OC(COC6OC(CO)C(OC7OCCC(O)C7O)C(O)C6O)C(O)C(O)C5O)C4(C)C)C3(C)CCC12C. The molecule has 376 valence electrons. The van der Waals surface area contributed by atoms with Gasteiger partial charge < -0.3 is 89.7 Å². The van der Waals surface area contributed by atoms with Crippen molar-refractivity contribution in [2.45, 2.75) is 217 Å². The maximum Gasteiger partial charge on any atom is 0.187 e. The Morgan fingerprint density at radius 1 is 0.723 bits per heavy atom. The fraction of sp³-hybridized carbons (Fsp3) is 0.957. The van der Waals surface area contributed by atoms with Gasteiger partial charge in [0.1, 0.15) is 67.1 Å². The van der Waals surface area contributed by atoms with Crippen LogP contribution in [0.1, 0.15) is 107 Å². The van der Waals surface area contributed by atoms with Crippen molar-refractivity contribution in [3.8, 4) is 0 Å². The van der Waals surface area contributed by atoms with Gasteiger partial charge in [-0.3, -0.25) is 0 Å². The van der Waals surface area contributed by atoms with Gasteiger partial charge in [-0.05, 0) is 105 Å². The minimum Gasteiger partial charge on any atom is -0.394 e. The molecule has 24 atom stereocenters.